The summed E-state index contributed by atoms with van der Waals surface area (Å²) < 4.78 is 12.5. The Kier molecular flexibility index (Phi) is 4.22. The van der Waals surface area contributed by atoms with Gasteiger partial charge in [0.1, 0.15) is 23.7 Å². The molecule has 0 unspecified atom stereocenters. The van der Waals surface area contributed by atoms with Crippen LogP contribution in [0.5, 0.6) is 11.6 Å². The number of hydrogen-bond donors (Lipinski definition) is 0. The monoisotopic (exact) mass is 351 g/mol. The number of fused-ring (bicyclic) bond motifs is 1. The molecule has 0 atom stereocenters. The van der Waals surface area contributed by atoms with Crippen LogP contribution in [0.1, 0.15) is 16.2 Å². The van der Waals surface area contributed by atoms with Gasteiger partial charge in [-0.2, -0.15) is 10.1 Å². The van der Waals surface area contributed by atoms with Crippen LogP contribution in [0.4, 0.5) is 5.95 Å². The van der Waals surface area contributed by atoms with Gasteiger partial charge in [0.15, 0.2) is 0 Å². The van der Waals surface area contributed by atoms with Crippen molar-refractivity contribution in [3.05, 3.63) is 60.0 Å². The first kappa shape index (κ1) is 16.1. The number of amides is 1. The van der Waals surface area contributed by atoms with Gasteiger partial charge in [0, 0.05) is 18.8 Å². The van der Waals surface area contributed by atoms with E-state index in [1.54, 1.807) is 23.0 Å². The number of rotatable bonds is 5. The molecular weight excluding hydrogens is 334 g/mol. The van der Waals surface area contributed by atoms with Crippen molar-refractivity contribution >= 4 is 11.9 Å². The fourth-order valence-electron chi connectivity index (χ4n) is 2.76. The van der Waals surface area contributed by atoms with E-state index in [0.29, 0.717) is 42.9 Å². The highest BCUT2D eigenvalue weighted by atomic mass is 16.5. The first-order valence-corrected chi connectivity index (χ1v) is 8.18. The maximum atomic E-state index is 12.8. The molecule has 8 heteroatoms. The van der Waals surface area contributed by atoms with E-state index in [1.807, 2.05) is 30.3 Å². The van der Waals surface area contributed by atoms with E-state index in [9.17, 15) is 4.79 Å². The van der Waals surface area contributed by atoms with Gasteiger partial charge in [0.2, 0.25) is 11.8 Å². The molecule has 0 bridgehead atoms. The van der Waals surface area contributed by atoms with Crippen LogP contribution in [-0.2, 0) is 13.2 Å². The lowest BCUT2D eigenvalue weighted by atomic mass is 10.2. The molecule has 0 saturated heterocycles. The van der Waals surface area contributed by atoms with Crippen LogP contribution >= 0.6 is 0 Å². The van der Waals surface area contributed by atoms with Crippen LogP contribution in [0.2, 0.25) is 0 Å². The van der Waals surface area contributed by atoms with E-state index in [0.717, 1.165) is 5.75 Å². The molecule has 1 aliphatic rings. The average Bonchev–Trinajstić information content (AvgIpc) is 3.12. The quantitative estimate of drug-likeness (QED) is 0.698. The van der Waals surface area contributed by atoms with Crippen molar-refractivity contribution in [1.82, 2.24) is 19.7 Å². The van der Waals surface area contributed by atoms with Crippen molar-refractivity contribution < 1.29 is 14.3 Å². The van der Waals surface area contributed by atoms with Crippen LogP contribution in [0, 0.1) is 0 Å². The van der Waals surface area contributed by atoms with Gasteiger partial charge in [0.25, 0.3) is 5.91 Å². The molecule has 3 heterocycles. The highest BCUT2D eigenvalue weighted by Gasteiger charge is 2.29. The Bertz CT molecular complexity index is 926. The topological polar surface area (TPSA) is 82.4 Å². The predicted molar refractivity (Wildman–Crippen MR) is 93.3 cm³/mol. The van der Waals surface area contributed by atoms with Gasteiger partial charge in [-0.15, -0.1) is 0 Å². The third kappa shape index (κ3) is 3.08. The SMILES string of the molecule is COc1ccnc(N2CCn3nc(COc4ccccc4)cc3C2=O)n1. The lowest BCUT2D eigenvalue weighted by Gasteiger charge is -2.25. The summed E-state index contributed by atoms with van der Waals surface area (Å²) in [4.78, 5) is 22.8. The number of carbonyl (C=O) groups excluding carboxylic acids is 1. The van der Waals surface area contributed by atoms with Crippen molar-refractivity contribution in [3.8, 4) is 11.6 Å². The second-order valence-corrected chi connectivity index (χ2v) is 5.70. The van der Waals surface area contributed by atoms with Crippen molar-refractivity contribution in [1.29, 1.82) is 0 Å². The summed E-state index contributed by atoms with van der Waals surface area (Å²) in [6.07, 6.45) is 1.57. The summed E-state index contributed by atoms with van der Waals surface area (Å²) in [5.41, 5.74) is 1.19. The number of hydrogen-bond acceptors (Lipinski definition) is 6. The van der Waals surface area contributed by atoms with Crippen LogP contribution < -0.4 is 14.4 Å². The molecule has 0 N–H and O–H groups in total. The van der Waals surface area contributed by atoms with Crippen LogP contribution in [-0.4, -0.2) is 39.3 Å². The third-order valence-corrected chi connectivity index (χ3v) is 4.03. The zero-order valence-electron chi connectivity index (χ0n) is 14.2. The van der Waals surface area contributed by atoms with Gasteiger partial charge >= 0.3 is 0 Å². The molecule has 1 aromatic carbocycles. The molecule has 0 aliphatic carbocycles. The number of carbonyl (C=O) groups is 1. The minimum atomic E-state index is -0.192. The Labute approximate surface area is 150 Å². The van der Waals surface area contributed by atoms with Gasteiger partial charge in [-0.05, 0) is 18.2 Å². The standard InChI is InChI=1S/C18H17N5O3/c1-25-16-7-8-19-18(20-16)22-9-10-23-15(17(22)24)11-13(21-23)12-26-14-5-3-2-4-6-14/h2-8,11H,9-10,12H2,1H3. The van der Waals surface area contributed by atoms with Gasteiger partial charge in [-0.1, -0.05) is 18.2 Å². The summed E-state index contributed by atoms with van der Waals surface area (Å²) in [5, 5.41) is 4.46. The first-order chi connectivity index (χ1) is 12.7. The summed E-state index contributed by atoms with van der Waals surface area (Å²) in [7, 11) is 1.53. The van der Waals surface area contributed by atoms with Crippen LogP contribution in [0.3, 0.4) is 0 Å². The number of ether oxygens (including phenoxy) is 2. The largest absolute Gasteiger partial charge is 0.487 e. The molecule has 8 nitrogen and oxygen atoms in total. The van der Waals surface area contributed by atoms with Gasteiger partial charge < -0.3 is 9.47 Å². The van der Waals surface area contributed by atoms with Crippen molar-refractivity contribution in [2.45, 2.75) is 13.2 Å². The summed E-state index contributed by atoms with van der Waals surface area (Å²) >= 11 is 0. The highest BCUT2D eigenvalue weighted by molar-refractivity contribution is 6.04. The molecule has 1 amide bonds. The minimum absolute atomic E-state index is 0.192. The number of anilines is 1. The maximum absolute atomic E-state index is 12.8. The lowest BCUT2D eigenvalue weighted by molar-refractivity contribution is 0.0960. The van der Waals surface area contributed by atoms with E-state index < -0.39 is 0 Å². The predicted octanol–water partition coefficient (Wildman–Crippen LogP) is 1.92. The second-order valence-electron chi connectivity index (χ2n) is 5.70. The number of benzene rings is 1. The zero-order chi connectivity index (χ0) is 17.9. The minimum Gasteiger partial charge on any atom is -0.487 e. The molecule has 4 rings (SSSR count). The molecule has 2 aromatic heterocycles. The van der Waals surface area contributed by atoms with E-state index in [1.165, 1.54) is 12.0 Å². The number of methoxy groups -OCH3 is 1. The van der Waals surface area contributed by atoms with Crippen molar-refractivity contribution in [2.75, 3.05) is 18.6 Å². The molecular formula is C18H17N5O3. The zero-order valence-corrected chi connectivity index (χ0v) is 14.2. The Morgan fingerprint density at radius 3 is 2.81 bits per heavy atom. The van der Waals surface area contributed by atoms with Crippen LogP contribution in [0.15, 0.2) is 48.7 Å². The van der Waals surface area contributed by atoms with E-state index in [2.05, 4.69) is 15.1 Å². The number of para-hydroxylation sites is 1. The van der Waals surface area contributed by atoms with Gasteiger partial charge in [-0.25, -0.2) is 4.98 Å². The Morgan fingerprint density at radius 1 is 1.15 bits per heavy atom. The van der Waals surface area contributed by atoms with E-state index in [4.69, 9.17) is 9.47 Å². The Morgan fingerprint density at radius 2 is 2.00 bits per heavy atom. The summed E-state index contributed by atoms with van der Waals surface area (Å²) in [5.74, 6) is 1.31. The highest BCUT2D eigenvalue weighted by Crippen LogP contribution is 2.20. The fraction of sp³-hybridized carbons (Fsp3) is 0.222. The molecule has 26 heavy (non-hydrogen) atoms. The number of aromatic nitrogens is 4. The lowest BCUT2D eigenvalue weighted by Crippen LogP contribution is -2.41. The maximum Gasteiger partial charge on any atom is 0.278 e. The second kappa shape index (κ2) is 6.83. The molecule has 0 spiro atoms. The molecule has 0 radical (unpaired) electrons. The Hall–Kier alpha value is -3.42. The van der Waals surface area contributed by atoms with Crippen molar-refractivity contribution in [2.24, 2.45) is 0 Å². The summed E-state index contributed by atoms with van der Waals surface area (Å²) in [6.45, 7) is 1.31. The fourth-order valence-corrected chi connectivity index (χ4v) is 2.76. The molecule has 132 valence electrons. The molecule has 3 aromatic rings. The Balaban J connectivity index is 1.52. The molecule has 1 aliphatic heterocycles. The van der Waals surface area contributed by atoms with Crippen molar-refractivity contribution in [3.63, 3.8) is 0 Å². The molecule has 0 saturated carbocycles. The van der Waals surface area contributed by atoms with Crippen LogP contribution in [0.25, 0.3) is 0 Å². The summed E-state index contributed by atoms with van der Waals surface area (Å²) in [6, 6.07) is 12.9. The smallest absolute Gasteiger partial charge is 0.278 e. The molecule has 0 fully saturated rings. The third-order valence-electron chi connectivity index (χ3n) is 4.03. The number of nitrogens with zero attached hydrogens (tertiary/aromatic N) is 5. The van der Waals surface area contributed by atoms with E-state index in [-0.39, 0.29) is 5.91 Å². The normalized spacial score (nSPS) is 13.4. The van der Waals surface area contributed by atoms with E-state index >= 15 is 0 Å². The first-order valence-electron chi connectivity index (χ1n) is 8.18. The average molecular weight is 351 g/mol. The van der Waals surface area contributed by atoms with Gasteiger partial charge in [0.05, 0.1) is 13.7 Å². The van der Waals surface area contributed by atoms with Gasteiger partial charge in [-0.3, -0.25) is 14.4 Å².